The first-order valence-corrected chi connectivity index (χ1v) is 10.6. The van der Waals surface area contributed by atoms with Gasteiger partial charge in [-0.3, -0.25) is 14.5 Å². The Hall–Kier alpha value is -4.06. The van der Waals surface area contributed by atoms with E-state index in [0.29, 0.717) is 33.7 Å². The molecule has 6 nitrogen and oxygen atoms in total. The molecule has 33 heavy (non-hydrogen) atoms. The first-order valence-electron chi connectivity index (χ1n) is 10.6. The number of carbonyl (C=O) groups excluding carboxylic acids is 1. The summed E-state index contributed by atoms with van der Waals surface area (Å²) in [6.45, 7) is 3.91. The molecule has 6 heteroatoms. The summed E-state index contributed by atoms with van der Waals surface area (Å²) in [6, 6.07) is 17.6. The Balaban J connectivity index is 1.80. The van der Waals surface area contributed by atoms with E-state index in [0.717, 1.165) is 16.7 Å². The summed E-state index contributed by atoms with van der Waals surface area (Å²) in [5.41, 5.74) is 3.92. The van der Waals surface area contributed by atoms with Gasteiger partial charge in [0.25, 0.3) is 5.91 Å². The Kier molecular flexibility index (Phi) is 4.93. The van der Waals surface area contributed by atoms with Crippen LogP contribution in [0.3, 0.4) is 0 Å². The number of hydrogen-bond donors (Lipinski definition) is 0. The van der Waals surface area contributed by atoms with Gasteiger partial charge in [-0.25, -0.2) is 0 Å². The van der Waals surface area contributed by atoms with Crippen LogP contribution in [0, 0.1) is 13.8 Å². The lowest BCUT2D eigenvalue weighted by molar-refractivity contribution is 0.0971. The molecule has 0 saturated carbocycles. The first kappa shape index (κ1) is 20.8. The third-order valence-electron chi connectivity index (χ3n) is 6.25. The minimum Gasteiger partial charge on any atom is -0.497 e. The van der Waals surface area contributed by atoms with Crippen LogP contribution in [0.15, 0.2) is 69.9 Å². The molecule has 1 aliphatic rings. The van der Waals surface area contributed by atoms with Gasteiger partial charge < -0.3 is 13.9 Å². The number of anilines is 1. The van der Waals surface area contributed by atoms with Crippen molar-refractivity contribution >= 4 is 22.6 Å². The van der Waals surface area contributed by atoms with E-state index in [-0.39, 0.29) is 17.1 Å². The molecule has 3 aromatic carbocycles. The van der Waals surface area contributed by atoms with Crippen LogP contribution >= 0.6 is 0 Å². The maximum absolute atomic E-state index is 13.8. The van der Waals surface area contributed by atoms with Crippen molar-refractivity contribution in [2.24, 2.45) is 0 Å². The Morgan fingerprint density at radius 2 is 1.55 bits per heavy atom. The van der Waals surface area contributed by atoms with Crippen LogP contribution in [0.5, 0.6) is 11.5 Å². The van der Waals surface area contributed by atoms with Crippen molar-refractivity contribution in [3.63, 3.8) is 0 Å². The summed E-state index contributed by atoms with van der Waals surface area (Å²) >= 11 is 0. The highest BCUT2D eigenvalue weighted by Crippen LogP contribution is 2.42. The van der Waals surface area contributed by atoms with Gasteiger partial charge in [-0.2, -0.15) is 0 Å². The number of nitrogens with zero attached hydrogens (tertiary/aromatic N) is 1. The van der Waals surface area contributed by atoms with E-state index < -0.39 is 6.04 Å². The molecule has 2 heterocycles. The summed E-state index contributed by atoms with van der Waals surface area (Å²) in [6.07, 6.45) is 0. The van der Waals surface area contributed by atoms with Crippen molar-refractivity contribution in [3.05, 3.63) is 98.9 Å². The van der Waals surface area contributed by atoms with Crippen LogP contribution in [0.1, 0.15) is 38.9 Å². The third kappa shape index (κ3) is 3.26. The fraction of sp³-hybridized carbons (Fsp3) is 0.185. The van der Waals surface area contributed by atoms with Crippen molar-refractivity contribution in [2.45, 2.75) is 19.9 Å². The number of hydrogen-bond acceptors (Lipinski definition) is 5. The molecule has 1 atom stereocenters. The maximum Gasteiger partial charge on any atom is 0.295 e. The highest BCUT2D eigenvalue weighted by molar-refractivity contribution is 6.10. The predicted molar refractivity (Wildman–Crippen MR) is 127 cm³/mol. The third-order valence-corrected chi connectivity index (χ3v) is 6.25. The van der Waals surface area contributed by atoms with Crippen molar-refractivity contribution in [2.75, 3.05) is 19.1 Å². The predicted octanol–water partition coefficient (Wildman–Crippen LogP) is 5.18. The molecule has 0 spiro atoms. The molecular formula is C27H23NO5. The Morgan fingerprint density at radius 3 is 2.24 bits per heavy atom. The van der Waals surface area contributed by atoms with Crippen LogP contribution < -0.4 is 19.8 Å². The molecule has 0 aliphatic carbocycles. The van der Waals surface area contributed by atoms with E-state index >= 15 is 0 Å². The average molecular weight is 441 g/mol. The van der Waals surface area contributed by atoms with Gasteiger partial charge in [0.1, 0.15) is 17.1 Å². The lowest BCUT2D eigenvalue weighted by atomic mass is 9.97. The van der Waals surface area contributed by atoms with E-state index in [2.05, 4.69) is 0 Å². The number of carbonyl (C=O) groups is 1. The summed E-state index contributed by atoms with van der Waals surface area (Å²) in [4.78, 5) is 29.0. The standard InChI is InChI=1S/C27H23NO5/c1-15-12-21-22(13-16(15)2)33-26-23(25(21)29)24(17-6-5-7-20(14-17)32-4)28(27(26)30)18-8-10-19(31-3)11-9-18/h5-14,24H,1-4H3. The minimum atomic E-state index is -0.654. The lowest BCUT2D eigenvalue weighted by Gasteiger charge is -2.25. The number of methoxy groups -OCH3 is 2. The minimum absolute atomic E-state index is 0.0689. The fourth-order valence-electron chi connectivity index (χ4n) is 4.36. The molecule has 0 saturated heterocycles. The molecule has 1 amide bonds. The zero-order chi connectivity index (χ0) is 23.3. The number of ether oxygens (including phenoxy) is 2. The first-order chi connectivity index (χ1) is 15.9. The molecule has 5 rings (SSSR count). The Labute approximate surface area is 191 Å². The molecule has 4 aromatic rings. The Bertz CT molecular complexity index is 1450. The second kappa shape index (κ2) is 7.81. The summed E-state index contributed by atoms with van der Waals surface area (Å²) in [5, 5.41) is 0.467. The summed E-state index contributed by atoms with van der Waals surface area (Å²) in [7, 11) is 3.17. The summed E-state index contributed by atoms with van der Waals surface area (Å²) in [5.74, 6) is 1.02. The average Bonchev–Trinajstić information content (AvgIpc) is 3.13. The van der Waals surface area contributed by atoms with Crippen LogP contribution in [0.25, 0.3) is 11.0 Å². The molecule has 0 radical (unpaired) electrons. The van der Waals surface area contributed by atoms with E-state index in [4.69, 9.17) is 13.9 Å². The van der Waals surface area contributed by atoms with Crippen LogP contribution in [0.2, 0.25) is 0 Å². The topological polar surface area (TPSA) is 69.0 Å². The van der Waals surface area contributed by atoms with Crippen LogP contribution in [0.4, 0.5) is 5.69 Å². The van der Waals surface area contributed by atoms with Gasteiger partial charge in [0.2, 0.25) is 5.76 Å². The zero-order valence-electron chi connectivity index (χ0n) is 18.8. The molecule has 1 aromatic heterocycles. The fourth-order valence-corrected chi connectivity index (χ4v) is 4.36. The number of rotatable bonds is 4. The van der Waals surface area contributed by atoms with Gasteiger partial charge in [0.05, 0.1) is 31.2 Å². The maximum atomic E-state index is 13.8. The smallest absolute Gasteiger partial charge is 0.295 e. The highest BCUT2D eigenvalue weighted by atomic mass is 16.5. The SMILES string of the molecule is COc1ccc(N2C(=O)c3oc4cc(C)c(C)cc4c(=O)c3C2c2cccc(OC)c2)cc1. The second-order valence-electron chi connectivity index (χ2n) is 8.16. The number of fused-ring (bicyclic) bond motifs is 2. The lowest BCUT2D eigenvalue weighted by Crippen LogP contribution is -2.29. The monoisotopic (exact) mass is 441 g/mol. The molecule has 0 N–H and O–H groups in total. The number of amides is 1. The van der Waals surface area contributed by atoms with E-state index in [1.54, 1.807) is 43.4 Å². The highest BCUT2D eigenvalue weighted by Gasteiger charge is 2.43. The quantitative estimate of drug-likeness (QED) is 0.437. The molecule has 1 unspecified atom stereocenters. The van der Waals surface area contributed by atoms with Gasteiger partial charge in [0, 0.05) is 5.69 Å². The van der Waals surface area contributed by atoms with Crippen molar-refractivity contribution in [1.29, 1.82) is 0 Å². The van der Waals surface area contributed by atoms with Gasteiger partial charge >= 0.3 is 0 Å². The number of benzene rings is 3. The second-order valence-corrected chi connectivity index (χ2v) is 8.16. The normalized spacial score (nSPS) is 15.1. The van der Waals surface area contributed by atoms with Gasteiger partial charge in [-0.05, 0) is 79.1 Å². The molecule has 166 valence electrons. The molecule has 0 fully saturated rings. The summed E-state index contributed by atoms with van der Waals surface area (Å²) < 4.78 is 16.8. The number of aryl methyl sites for hydroxylation is 2. The van der Waals surface area contributed by atoms with Gasteiger partial charge in [0.15, 0.2) is 5.43 Å². The molecule has 1 aliphatic heterocycles. The van der Waals surface area contributed by atoms with Crippen molar-refractivity contribution in [3.8, 4) is 11.5 Å². The molecular weight excluding hydrogens is 418 g/mol. The zero-order valence-corrected chi connectivity index (χ0v) is 18.8. The van der Waals surface area contributed by atoms with Gasteiger partial charge in [-0.1, -0.05) is 12.1 Å². The van der Waals surface area contributed by atoms with E-state index in [1.807, 2.05) is 50.2 Å². The Morgan fingerprint density at radius 1 is 0.848 bits per heavy atom. The van der Waals surface area contributed by atoms with Crippen LogP contribution in [-0.2, 0) is 0 Å². The molecule has 0 bridgehead atoms. The van der Waals surface area contributed by atoms with E-state index in [1.165, 1.54) is 0 Å². The van der Waals surface area contributed by atoms with Crippen molar-refractivity contribution < 1.29 is 18.7 Å². The largest absolute Gasteiger partial charge is 0.497 e. The van der Waals surface area contributed by atoms with E-state index in [9.17, 15) is 9.59 Å². The van der Waals surface area contributed by atoms with Gasteiger partial charge in [-0.15, -0.1) is 0 Å². The van der Waals surface area contributed by atoms with Crippen LogP contribution in [-0.4, -0.2) is 20.1 Å². The van der Waals surface area contributed by atoms with Crippen molar-refractivity contribution in [1.82, 2.24) is 0 Å².